The molecule has 0 bridgehead atoms. The average molecular weight is 294 g/mol. The summed E-state index contributed by atoms with van der Waals surface area (Å²) in [6.07, 6.45) is 1.70. The van der Waals surface area contributed by atoms with Crippen LogP contribution in [0.15, 0.2) is 18.2 Å². The largest absolute Gasteiger partial charge is 0.493 e. The number of hydrogen-bond acceptors (Lipinski definition) is 4. The fourth-order valence-corrected chi connectivity index (χ4v) is 3.25. The lowest BCUT2D eigenvalue weighted by atomic mass is 9.66. The first-order valence-electron chi connectivity index (χ1n) is 7.44. The van der Waals surface area contributed by atoms with Crippen LogP contribution in [0.1, 0.15) is 32.3 Å². The van der Waals surface area contributed by atoms with Crippen molar-refractivity contribution in [1.82, 2.24) is 0 Å². The average Bonchev–Trinajstić information content (AvgIpc) is 2.53. The topological polar surface area (TPSA) is 36.9 Å². The monoisotopic (exact) mass is 294 g/mol. The summed E-state index contributed by atoms with van der Waals surface area (Å²) < 4.78 is 21.9. The van der Waals surface area contributed by atoms with E-state index in [0.29, 0.717) is 12.5 Å². The van der Waals surface area contributed by atoms with Crippen molar-refractivity contribution in [1.29, 1.82) is 0 Å². The summed E-state index contributed by atoms with van der Waals surface area (Å²) in [7, 11) is 5.03. The molecule has 1 aliphatic heterocycles. The fraction of sp³-hybridized carbons (Fsp3) is 0.647. The lowest BCUT2D eigenvalue weighted by Gasteiger charge is -2.44. The second-order valence-corrected chi connectivity index (χ2v) is 5.87. The van der Waals surface area contributed by atoms with Crippen LogP contribution in [-0.2, 0) is 14.9 Å². The van der Waals surface area contributed by atoms with Crippen LogP contribution in [-0.4, -0.2) is 34.2 Å². The highest BCUT2D eigenvalue weighted by Crippen LogP contribution is 2.45. The first-order chi connectivity index (χ1) is 10.1. The van der Waals surface area contributed by atoms with E-state index in [4.69, 9.17) is 18.9 Å². The van der Waals surface area contributed by atoms with Crippen LogP contribution < -0.4 is 9.47 Å². The van der Waals surface area contributed by atoms with Gasteiger partial charge < -0.3 is 18.9 Å². The van der Waals surface area contributed by atoms with Crippen molar-refractivity contribution >= 4 is 0 Å². The van der Waals surface area contributed by atoms with Crippen LogP contribution in [0.3, 0.4) is 0 Å². The summed E-state index contributed by atoms with van der Waals surface area (Å²) in [6, 6.07) is 6.21. The summed E-state index contributed by atoms with van der Waals surface area (Å²) in [5.41, 5.74) is 1.30. The van der Waals surface area contributed by atoms with Crippen molar-refractivity contribution < 1.29 is 18.9 Å². The van der Waals surface area contributed by atoms with Gasteiger partial charge in [0.1, 0.15) is 0 Å². The zero-order valence-electron chi connectivity index (χ0n) is 13.6. The van der Waals surface area contributed by atoms with Gasteiger partial charge in [0.25, 0.3) is 0 Å². The molecule has 2 atom stereocenters. The molecule has 4 nitrogen and oxygen atoms in total. The van der Waals surface area contributed by atoms with E-state index in [1.807, 2.05) is 6.07 Å². The van der Waals surface area contributed by atoms with Gasteiger partial charge in [0.2, 0.25) is 0 Å². The lowest BCUT2D eigenvalue weighted by molar-refractivity contribution is -0.170. The molecule has 1 heterocycles. The van der Waals surface area contributed by atoms with Crippen molar-refractivity contribution in [2.75, 3.05) is 27.9 Å². The molecular formula is C17H26O4. The van der Waals surface area contributed by atoms with Gasteiger partial charge in [0.05, 0.1) is 20.8 Å². The number of benzene rings is 1. The molecule has 1 aromatic rings. The zero-order valence-corrected chi connectivity index (χ0v) is 13.6. The van der Waals surface area contributed by atoms with Crippen LogP contribution in [0.5, 0.6) is 11.5 Å². The summed E-state index contributed by atoms with van der Waals surface area (Å²) in [4.78, 5) is 0. The summed E-state index contributed by atoms with van der Waals surface area (Å²) in [6.45, 7) is 5.23. The van der Waals surface area contributed by atoms with Crippen LogP contribution in [0.4, 0.5) is 0 Å². The Morgan fingerprint density at radius 2 is 1.86 bits per heavy atom. The highest BCUT2D eigenvalue weighted by atomic mass is 16.7. The van der Waals surface area contributed by atoms with E-state index in [-0.39, 0.29) is 11.7 Å². The van der Waals surface area contributed by atoms with Gasteiger partial charge in [-0.15, -0.1) is 0 Å². The molecular weight excluding hydrogens is 268 g/mol. The first-order valence-corrected chi connectivity index (χ1v) is 7.44. The Morgan fingerprint density at radius 1 is 1.14 bits per heavy atom. The van der Waals surface area contributed by atoms with Crippen molar-refractivity contribution in [2.24, 2.45) is 5.92 Å². The van der Waals surface area contributed by atoms with Gasteiger partial charge in [0.15, 0.2) is 17.8 Å². The van der Waals surface area contributed by atoms with Gasteiger partial charge >= 0.3 is 0 Å². The second-order valence-electron chi connectivity index (χ2n) is 5.87. The van der Waals surface area contributed by atoms with Crippen molar-refractivity contribution in [3.8, 4) is 11.5 Å². The smallest absolute Gasteiger partial charge is 0.161 e. The van der Waals surface area contributed by atoms with Gasteiger partial charge in [-0.3, -0.25) is 0 Å². The molecule has 21 heavy (non-hydrogen) atoms. The van der Waals surface area contributed by atoms with Crippen LogP contribution in [0, 0.1) is 5.92 Å². The number of methoxy groups -OCH3 is 3. The van der Waals surface area contributed by atoms with Gasteiger partial charge in [-0.2, -0.15) is 0 Å². The van der Waals surface area contributed by atoms with Gasteiger partial charge in [0, 0.05) is 18.9 Å². The molecule has 0 aromatic heterocycles. The Morgan fingerprint density at radius 3 is 2.43 bits per heavy atom. The van der Waals surface area contributed by atoms with Gasteiger partial charge in [-0.25, -0.2) is 0 Å². The van der Waals surface area contributed by atoms with Crippen LogP contribution in [0.2, 0.25) is 0 Å². The van der Waals surface area contributed by atoms with E-state index >= 15 is 0 Å². The highest BCUT2D eigenvalue weighted by Gasteiger charge is 2.41. The third-order valence-corrected chi connectivity index (χ3v) is 4.71. The summed E-state index contributed by atoms with van der Waals surface area (Å²) >= 11 is 0. The Labute approximate surface area is 127 Å². The Hall–Kier alpha value is -1.26. The molecule has 0 N–H and O–H groups in total. The molecule has 0 aliphatic carbocycles. The van der Waals surface area contributed by atoms with Crippen molar-refractivity contribution in [3.05, 3.63) is 23.8 Å². The lowest BCUT2D eigenvalue weighted by Crippen LogP contribution is -2.43. The fourth-order valence-electron chi connectivity index (χ4n) is 3.25. The van der Waals surface area contributed by atoms with Crippen molar-refractivity contribution in [3.63, 3.8) is 0 Å². The van der Waals surface area contributed by atoms with Crippen LogP contribution >= 0.6 is 0 Å². The van der Waals surface area contributed by atoms with E-state index in [1.54, 1.807) is 21.3 Å². The van der Waals surface area contributed by atoms with Crippen LogP contribution in [0.25, 0.3) is 0 Å². The molecule has 0 spiro atoms. The molecule has 2 rings (SSSR count). The first kappa shape index (κ1) is 16.1. The molecule has 1 aliphatic rings. The molecule has 118 valence electrons. The molecule has 1 unspecified atom stereocenters. The quantitative estimate of drug-likeness (QED) is 0.834. The van der Waals surface area contributed by atoms with E-state index in [9.17, 15) is 0 Å². The minimum atomic E-state index is -0.144. The minimum Gasteiger partial charge on any atom is -0.493 e. The Kier molecular flexibility index (Phi) is 5.12. The minimum absolute atomic E-state index is 0.0402. The van der Waals surface area contributed by atoms with Crippen molar-refractivity contribution in [2.45, 2.75) is 38.4 Å². The number of ether oxygens (including phenoxy) is 4. The Bertz CT molecular complexity index is 472. The van der Waals surface area contributed by atoms with Gasteiger partial charge in [-0.1, -0.05) is 19.9 Å². The Balaban J connectivity index is 2.42. The molecule has 1 aromatic carbocycles. The predicted molar refractivity (Wildman–Crippen MR) is 82.0 cm³/mol. The maximum Gasteiger partial charge on any atom is 0.161 e. The molecule has 4 heteroatoms. The SMILES string of the molecule is COc1ccc([C@@]2(C(C)C)CCOC(OC)C2)cc1OC. The highest BCUT2D eigenvalue weighted by molar-refractivity contribution is 5.45. The van der Waals surface area contributed by atoms with E-state index < -0.39 is 0 Å². The van der Waals surface area contributed by atoms with E-state index in [1.165, 1.54) is 5.56 Å². The third kappa shape index (κ3) is 3.01. The maximum atomic E-state index is 5.68. The molecule has 1 fully saturated rings. The van der Waals surface area contributed by atoms with E-state index in [0.717, 1.165) is 24.3 Å². The third-order valence-electron chi connectivity index (χ3n) is 4.71. The number of hydrogen-bond donors (Lipinski definition) is 0. The van der Waals surface area contributed by atoms with E-state index in [2.05, 4.69) is 26.0 Å². The zero-order chi connectivity index (χ0) is 15.5. The molecule has 0 radical (unpaired) electrons. The predicted octanol–water partition coefficient (Wildman–Crippen LogP) is 3.38. The number of rotatable bonds is 5. The normalized spacial score (nSPS) is 25.9. The molecule has 0 amide bonds. The molecule has 0 saturated carbocycles. The maximum absolute atomic E-state index is 5.68. The summed E-state index contributed by atoms with van der Waals surface area (Å²) in [5, 5.41) is 0. The summed E-state index contributed by atoms with van der Waals surface area (Å²) in [5.74, 6) is 2.02. The molecule has 1 saturated heterocycles. The second kappa shape index (κ2) is 6.67. The van der Waals surface area contributed by atoms with Gasteiger partial charge in [-0.05, 0) is 30.0 Å². The standard InChI is InChI=1S/C17H26O4/c1-12(2)17(8-9-21-16(11-17)20-5)13-6-7-14(18-3)15(10-13)19-4/h6-7,10,12,16H,8-9,11H2,1-5H3/t16?,17-/m0/s1.